The van der Waals surface area contributed by atoms with Crippen LogP contribution in [0.4, 0.5) is 0 Å². The second-order valence-corrected chi connectivity index (χ2v) is 5.11. The summed E-state index contributed by atoms with van der Waals surface area (Å²) in [7, 11) is 0. The zero-order valence-electron chi connectivity index (χ0n) is 6.77. The van der Waals surface area contributed by atoms with E-state index in [2.05, 4.69) is 47.8 Å². The maximum atomic E-state index is 11.5. The monoisotopic (exact) mass is 371 g/mol. The molecule has 0 saturated carbocycles. The molecule has 1 aromatic heterocycles. The van der Waals surface area contributed by atoms with Gasteiger partial charge in [0, 0.05) is 22.5 Å². The molecule has 0 radical (unpaired) electrons. The number of rotatable bonds is 3. The number of alkyl halides is 1. The van der Waals surface area contributed by atoms with E-state index in [-0.39, 0.29) is 5.56 Å². The van der Waals surface area contributed by atoms with Gasteiger partial charge in [-0.3, -0.25) is 4.79 Å². The number of pyridine rings is 1. The van der Waals surface area contributed by atoms with Gasteiger partial charge in [-0.1, -0.05) is 15.9 Å². The molecule has 0 N–H and O–H groups in total. The van der Waals surface area contributed by atoms with Gasteiger partial charge in [0.05, 0.1) is 4.47 Å². The van der Waals surface area contributed by atoms with Gasteiger partial charge in [0.1, 0.15) is 0 Å². The Labute approximate surface area is 102 Å². The van der Waals surface area contributed by atoms with Crippen LogP contribution in [0.2, 0.25) is 0 Å². The quantitative estimate of drug-likeness (QED) is 0.746. The van der Waals surface area contributed by atoms with E-state index in [0.29, 0.717) is 4.47 Å². The second-order valence-electron chi connectivity index (χ2n) is 2.55. The Bertz CT molecular complexity index is 348. The highest BCUT2D eigenvalue weighted by Gasteiger charge is 2.01. The van der Waals surface area contributed by atoms with Gasteiger partial charge >= 0.3 is 0 Å². The van der Waals surface area contributed by atoms with Gasteiger partial charge < -0.3 is 4.57 Å². The lowest BCUT2D eigenvalue weighted by Crippen LogP contribution is -2.20. The molecule has 0 unspecified atom stereocenters. The molecule has 72 valence electrons. The molecule has 0 saturated heterocycles. The van der Waals surface area contributed by atoms with Crippen LogP contribution in [-0.2, 0) is 6.54 Å². The summed E-state index contributed by atoms with van der Waals surface area (Å²) in [5, 5.41) is 0.906. The summed E-state index contributed by atoms with van der Waals surface area (Å²) in [6.07, 6.45) is 2.75. The second kappa shape index (κ2) is 5.32. The van der Waals surface area contributed by atoms with E-state index >= 15 is 0 Å². The normalized spacial score (nSPS) is 10.4. The summed E-state index contributed by atoms with van der Waals surface area (Å²) >= 11 is 9.88. The lowest BCUT2D eigenvalue weighted by atomic mass is 10.4. The minimum atomic E-state index is 0.0177. The van der Waals surface area contributed by atoms with Crippen molar-refractivity contribution < 1.29 is 0 Å². The molecular weight excluding hydrogens is 366 g/mol. The summed E-state index contributed by atoms with van der Waals surface area (Å²) < 4.78 is 3.19. The van der Waals surface area contributed by atoms with Crippen molar-refractivity contribution in [1.82, 2.24) is 4.57 Å². The summed E-state index contributed by atoms with van der Waals surface area (Å²) in [6, 6.07) is 1.76. The Morgan fingerprint density at radius 2 is 2.08 bits per heavy atom. The lowest BCUT2D eigenvalue weighted by Gasteiger charge is -2.05. The standard InChI is InChI=1S/C8H8Br3NO/c9-2-1-3-12-5-6(10)4-7(11)8(12)13/h4-5H,1-3H2. The van der Waals surface area contributed by atoms with E-state index in [9.17, 15) is 4.79 Å². The third kappa shape index (κ3) is 3.22. The van der Waals surface area contributed by atoms with Crippen LogP contribution in [0, 0.1) is 0 Å². The highest BCUT2D eigenvalue weighted by atomic mass is 79.9. The molecule has 0 aliphatic carbocycles. The van der Waals surface area contributed by atoms with Crippen LogP contribution in [-0.4, -0.2) is 9.90 Å². The maximum absolute atomic E-state index is 11.5. The fourth-order valence-corrected chi connectivity index (χ4v) is 2.47. The SMILES string of the molecule is O=c1c(Br)cc(Br)cn1CCCBr. The first-order valence-corrected chi connectivity index (χ1v) is 6.47. The first kappa shape index (κ1) is 11.5. The number of aromatic nitrogens is 1. The van der Waals surface area contributed by atoms with Crippen molar-refractivity contribution >= 4 is 47.8 Å². The van der Waals surface area contributed by atoms with E-state index in [0.717, 1.165) is 22.8 Å². The lowest BCUT2D eigenvalue weighted by molar-refractivity contribution is 0.655. The van der Waals surface area contributed by atoms with Crippen molar-refractivity contribution in [2.24, 2.45) is 0 Å². The van der Waals surface area contributed by atoms with E-state index in [4.69, 9.17) is 0 Å². The average molecular weight is 374 g/mol. The fraction of sp³-hybridized carbons (Fsp3) is 0.375. The zero-order valence-corrected chi connectivity index (χ0v) is 11.5. The summed E-state index contributed by atoms with van der Waals surface area (Å²) in [5.41, 5.74) is 0.0177. The van der Waals surface area contributed by atoms with Gasteiger partial charge in [0.2, 0.25) is 0 Å². The van der Waals surface area contributed by atoms with E-state index in [1.54, 1.807) is 16.8 Å². The molecule has 13 heavy (non-hydrogen) atoms. The highest BCUT2D eigenvalue weighted by Crippen LogP contribution is 2.12. The first-order chi connectivity index (χ1) is 6.15. The predicted molar refractivity (Wildman–Crippen MR) is 64.5 cm³/mol. The van der Waals surface area contributed by atoms with Crippen molar-refractivity contribution in [3.63, 3.8) is 0 Å². The Morgan fingerprint density at radius 3 is 2.69 bits per heavy atom. The topological polar surface area (TPSA) is 22.0 Å². The molecule has 1 aromatic rings. The molecule has 0 atom stereocenters. The van der Waals surface area contributed by atoms with Crippen molar-refractivity contribution in [2.45, 2.75) is 13.0 Å². The molecular formula is C8H8Br3NO. The van der Waals surface area contributed by atoms with Crippen molar-refractivity contribution in [2.75, 3.05) is 5.33 Å². The van der Waals surface area contributed by atoms with E-state index < -0.39 is 0 Å². The predicted octanol–water partition coefficient (Wildman–Crippen LogP) is 3.16. The average Bonchev–Trinajstić information content (AvgIpc) is 2.09. The number of nitrogens with zero attached hydrogens (tertiary/aromatic N) is 1. The van der Waals surface area contributed by atoms with Crippen LogP contribution in [0.25, 0.3) is 0 Å². The van der Waals surface area contributed by atoms with Crippen LogP contribution in [0.5, 0.6) is 0 Å². The molecule has 0 aliphatic heterocycles. The first-order valence-electron chi connectivity index (χ1n) is 3.76. The zero-order chi connectivity index (χ0) is 9.84. The largest absolute Gasteiger partial charge is 0.313 e. The molecule has 0 aliphatic rings. The number of aryl methyl sites for hydroxylation is 1. The van der Waals surface area contributed by atoms with Gasteiger partial charge in [0.15, 0.2) is 0 Å². The third-order valence-corrected chi connectivity index (χ3v) is 3.10. The Balaban J connectivity index is 2.99. The molecule has 0 fully saturated rings. The minimum Gasteiger partial charge on any atom is -0.313 e. The van der Waals surface area contributed by atoms with Gasteiger partial charge in [-0.25, -0.2) is 0 Å². The van der Waals surface area contributed by atoms with Crippen LogP contribution in [0.1, 0.15) is 6.42 Å². The van der Waals surface area contributed by atoms with Crippen LogP contribution >= 0.6 is 47.8 Å². The van der Waals surface area contributed by atoms with Crippen LogP contribution in [0.15, 0.2) is 26.0 Å². The molecule has 0 amide bonds. The van der Waals surface area contributed by atoms with Gasteiger partial charge in [-0.05, 0) is 44.3 Å². The van der Waals surface area contributed by atoms with Gasteiger partial charge in [0.25, 0.3) is 5.56 Å². The highest BCUT2D eigenvalue weighted by molar-refractivity contribution is 9.11. The Kier molecular flexibility index (Phi) is 4.69. The molecule has 2 nitrogen and oxygen atoms in total. The van der Waals surface area contributed by atoms with Crippen molar-refractivity contribution in [1.29, 1.82) is 0 Å². The molecule has 0 spiro atoms. The van der Waals surface area contributed by atoms with E-state index in [1.807, 2.05) is 0 Å². The Hall–Kier alpha value is 0.390. The Morgan fingerprint density at radius 1 is 1.38 bits per heavy atom. The van der Waals surface area contributed by atoms with Crippen LogP contribution < -0.4 is 5.56 Å². The number of halogens is 3. The fourth-order valence-electron chi connectivity index (χ4n) is 0.961. The molecule has 1 rings (SSSR count). The van der Waals surface area contributed by atoms with Gasteiger partial charge in [-0.15, -0.1) is 0 Å². The van der Waals surface area contributed by atoms with Crippen molar-refractivity contribution in [3.05, 3.63) is 31.6 Å². The molecule has 1 heterocycles. The van der Waals surface area contributed by atoms with E-state index in [1.165, 1.54) is 0 Å². The molecule has 0 bridgehead atoms. The summed E-state index contributed by atoms with van der Waals surface area (Å²) in [4.78, 5) is 11.5. The number of hydrogen-bond acceptors (Lipinski definition) is 1. The summed E-state index contributed by atoms with van der Waals surface area (Å²) in [6.45, 7) is 0.738. The number of hydrogen-bond donors (Lipinski definition) is 0. The maximum Gasteiger partial charge on any atom is 0.264 e. The van der Waals surface area contributed by atoms with Gasteiger partial charge in [-0.2, -0.15) is 0 Å². The molecule has 5 heteroatoms. The van der Waals surface area contributed by atoms with Crippen molar-refractivity contribution in [3.8, 4) is 0 Å². The summed E-state index contributed by atoms with van der Waals surface area (Å²) in [5.74, 6) is 0. The third-order valence-electron chi connectivity index (χ3n) is 1.54. The van der Waals surface area contributed by atoms with Crippen LogP contribution in [0.3, 0.4) is 0 Å². The minimum absolute atomic E-state index is 0.0177. The molecule has 0 aromatic carbocycles. The smallest absolute Gasteiger partial charge is 0.264 e.